The second kappa shape index (κ2) is 5.62. The van der Waals surface area contributed by atoms with Crippen LogP contribution in [-0.2, 0) is 0 Å². The molecule has 0 amide bonds. The van der Waals surface area contributed by atoms with Gasteiger partial charge in [0.25, 0.3) is 0 Å². The van der Waals surface area contributed by atoms with E-state index in [1.807, 2.05) is 31.3 Å². The summed E-state index contributed by atoms with van der Waals surface area (Å²) in [5, 5.41) is 12.7. The Kier molecular flexibility index (Phi) is 4.43. The van der Waals surface area contributed by atoms with Crippen molar-refractivity contribution in [3.63, 3.8) is 0 Å². The van der Waals surface area contributed by atoms with Crippen LogP contribution < -0.4 is 10.1 Å². The predicted octanol–water partition coefficient (Wildman–Crippen LogP) is 1.34. The van der Waals surface area contributed by atoms with Gasteiger partial charge in [-0.25, -0.2) is 0 Å². The molecule has 3 heteroatoms. The first-order valence-corrected chi connectivity index (χ1v) is 4.74. The number of methoxy groups -OCH3 is 1. The van der Waals surface area contributed by atoms with E-state index in [0.717, 1.165) is 24.3 Å². The van der Waals surface area contributed by atoms with Gasteiger partial charge in [-0.15, -0.1) is 0 Å². The molecule has 1 rings (SSSR count). The lowest BCUT2D eigenvalue weighted by Gasteiger charge is -2.10. The number of hydrogen-bond acceptors (Lipinski definition) is 3. The van der Waals surface area contributed by atoms with E-state index < -0.39 is 6.10 Å². The first-order chi connectivity index (χ1) is 6.77. The molecule has 0 aliphatic carbocycles. The average Bonchev–Trinajstić information content (AvgIpc) is 2.26. The van der Waals surface area contributed by atoms with Crippen molar-refractivity contribution in [2.75, 3.05) is 20.7 Å². The molecule has 0 heterocycles. The van der Waals surface area contributed by atoms with Crippen LogP contribution in [0.5, 0.6) is 5.75 Å². The minimum absolute atomic E-state index is 0.395. The summed E-state index contributed by atoms with van der Waals surface area (Å²) in [4.78, 5) is 0. The van der Waals surface area contributed by atoms with Gasteiger partial charge in [0.15, 0.2) is 0 Å². The zero-order chi connectivity index (χ0) is 10.4. The quantitative estimate of drug-likeness (QED) is 0.745. The number of ether oxygens (including phenoxy) is 1. The maximum Gasteiger partial charge on any atom is 0.118 e. The van der Waals surface area contributed by atoms with Crippen LogP contribution in [0.25, 0.3) is 0 Å². The van der Waals surface area contributed by atoms with Crippen LogP contribution in [-0.4, -0.2) is 25.8 Å². The zero-order valence-corrected chi connectivity index (χ0v) is 8.66. The largest absolute Gasteiger partial charge is 0.497 e. The van der Waals surface area contributed by atoms with Gasteiger partial charge >= 0.3 is 0 Å². The van der Waals surface area contributed by atoms with Crippen LogP contribution in [0.4, 0.5) is 0 Å². The van der Waals surface area contributed by atoms with Crippen molar-refractivity contribution in [1.29, 1.82) is 0 Å². The van der Waals surface area contributed by atoms with Crippen LogP contribution in [0.3, 0.4) is 0 Å². The van der Waals surface area contributed by atoms with E-state index in [-0.39, 0.29) is 0 Å². The fraction of sp³-hybridized carbons (Fsp3) is 0.455. The highest BCUT2D eigenvalue weighted by molar-refractivity contribution is 5.28. The summed E-state index contributed by atoms with van der Waals surface area (Å²) < 4.78 is 5.04. The molecule has 1 aromatic carbocycles. The highest BCUT2D eigenvalue weighted by Crippen LogP contribution is 2.19. The summed E-state index contributed by atoms with van der Waals surface area (Å²) in [5.41, 5.74) is 0.932. The third-order valence-corrected chi connectivity index (χ3v) is 2.17. The molecule has 1 aromatic rings. The molecule has 0 spiro atoms. The Balaban J connectivity index is 2.57. The van der Waals surface area contributed by atoms with Crippen molar-refractivity contribution in [3.05, 3.63) is 29.8 Å². The van der Waals surface area contributed by atoms with Crippen molar-refractivity contribution in [3.8, 4) is 5.75 Å². The zero-order valence-electron chi connectivity index (χ0n) is 8.66. The lowest BCUT2D eigenvalue weighted by Crippen LogP contribution is -2.11. The molecule has 0 aliphatic rings. The molecule has 0 saturated carbocycles. The molecule has 0 aliphatic heterocycles. The number of aliphatic hydroxyl groups is 1. The smallest absolute Gasteiger partial charge is 0.118 e. The van der Waals surface area contributed by atoms with Gasteiger partial charge in [-0.1, -0.05) is 12.1 Å². The number of rotatable bonds is 5. The van der Waals surface area contributed by atoms with Crippen molar-refractivity contribution >= 4 is 0 Å². The molecule has 0 bridgehead atoms. The molecular weight excluding hydrogens is 178 g/mol. The molecule has 2 N–H and O–H groups in total. The van der Waals surface area contributed by atoms with Crippen molar-refractivity contribution in [2.24, 2.45) is 0 Å². The van der Waals surface area contributed by atoms with Crippen molar-refractivity contribution in [1.82, 2.24) is 5.32 Å². The van der Waals surface area contributed by atoms with Crippen LogP contribution >= 0.6 is 0 Å². The first kappa shape index (κ1) is 11.0. The molecule has 1 atom stereocenters. The van der Waals surface area contributed by atoms with Crippen LogP contribution in [0.2, 0.25) is 0 Å². The monoisotopic (exact) mass is 195 g/mol. The van der Waals surface area contributed by atoms with Crippen LogP contribution in [0.15, 0.2) is 24.3 Å². The SMILES string of the molecule is CNCC[C@H](O)c1ccc(OC)cc1. The Morgan fingerprint density at radius 2 is 2.00 bits per heavy atom. The van der Waals surface area contributed by atoms with Gasteiger partial charge in [0.2, 0.25) is 0 Å². The highest BCUT2D eigenvalue weighted by atomic mass is 16.5. The van der Waals surface area contributed by atoms with E-state index in [0.29, 0.717) is 0 Å². The summed E-state index contributed by atoms with van der Waals surface area (Å²) >= 11 is 0. The number of benzene rings is 1. The minimum atomic E-state index is -0.395. The molecule has 0 saturated heterocycles. The Morgan fingerprint density at radius 1 is 1.36 bits per heavy atom. The molecule has 0 fully saturated rings. The summed E-state index contributed by atoms with van der Waals surface area (Å²) in [5.74, 6) is 0.814. The second-order valence-electron chi connectivity index (χ2n) is 3.18. The third kappa shape index (κ3) is 3.01. The van der Waals surface area contributed by atoms with E-state index in [9.17, 15) is 5.11 Å². The third-order valence-electron chi connectivity index (χ3n) is 2.17. The molecule has 14 heavy (non-hydrogen) atoms. The van der Waals surface area contributed by atoms with E-state index in [1.54, 1.807) is 7.11 Å². The van der Waals surface area contributed by atoms with Gasteiger partial charge in [-0.2, -0.15) is 0 Å². The topological polar surface area (TPSA) is 41.5 Å². The highest BCUT2D eigenvalue weighted by Gasteiger charge is 2.05. The fourth-order valence-electron chi connectivity index (χ4n) is 1.27. The molecular formula is C11H17NO2. The normalized spacial score (nSPS) is 12.5. The maximum atomic E-state index is 9.73. The van der Waals surface area contributed by atoms with Gasteiger partial charge in [0, 0.05) is 0 Å². The molecule has 78 valence electrons. The number of nitrogens with one attached hydrogen (secondary N) is 1. The Labute approximate surface area is 84.7 Å². The summed E-state index contributed by atoms with van der Waals surface area (Å²) in [6.07, 6.45) is 0.330. The standard InChI is InChI=1S/C11H17NO2/c1-12-8-7-11(13)9-3-5-10(14-2)6-4-9/h3-6,11-13H,7-8H2,1-2H3/t11-/m0/s1. The van der Waals surface area contributed by atoms with Gasteiger partial charge in [-0.05, 0) is 37.7 Å². The first-order valence-electron chi connectivity index (χ1n) is 4.74. The van der Waals surface area contributed by atoms with E-state index in [2.05, 4.69) is 5.32 Å². The molecule has 0 aromatic heterocycles. The minimum Gasteiger partial charge on any atom is -0.497 e. The predicted molar refractivity (Wildman–Crippen MR) is 56.5 cm³/mol. The second-order valence-corrected chi connectivity index (χ2v) is 3.18. The molecule has 0 radical (unpaired) electrons. The summed E-state index contributed by atoms with van der Waals surface area (Å²) in [7, 11) is 3.51. The Hall–Kier alpha value is -1.06. The van der Waals surface area contributed by atoms with Crippen LogP contribution in [0, 0.1) is 0 Å². The summed E-state index contributed by atoms with van der Waals surface area (Å²) in [6.45, 7) is 0.813. The average molecular weight is 195 g/mol. The van der Waals surface area contributed by atoms with Gasteiger partial charge in [-0.3, -0.25) is 0 Å². The Bertz CT molecular complexity index is 258. The number of hydrogen-bond donors (Lipinski definition) is 2. The number of aliphatic hydroxyl groups excluding tert-OH is 1. The van der Waals surface area contributed by atoms with Crippen LogP contribution in [0.1, 0.15) is 18.1 Å². The lowest BCUT2D eigenvalue weighted by atomic mass is 10.1. The van der Waals surface area contributed by atoms with E-state index in [4.69, 9.17) is 4.74 Å². The molecule has 3 nitrogen and oxygen atoms in total. The van der Waals surface area contributed by atoms with Crippen molar-refractivity contribution in [2.45, 2.75) is 12.5 Å². The fourth-order valence-corrected chi connectivity index (χ4v) is 1.27. The Morgan fingerprint density at radius 3 is 2.50 bits per heavy atom. The molecule has 0 unspecified atom stereocenters. The summed E-state index contributed by atoms with van der Waals surface area (Å²) in [6, 6.07) is 7.49. The van der Waals surface area contributed by atoms with Crippen molar-refractivity contribution < 1.29 is 9.84 Å². The van der Waals surface area contributed by atoms with Gasteiger partial charge in [0.1, 0.15) is 5.75 Å². The van der Waals surface area contributed by atoms with Gasteiger partial charge in [0.05, 0.1) is 13.2 Å². The maximum absolute atomic E-state index is 9.73. The van der Waals surface area contributed by atoms with E-state index >= 15 is 0 Å². The van der Waals surface area contributed by atoms with E-state index in [1.165, 1.54) is 0 Å². The lowest BCUT2D eigenvalue weighted by molar-refractivity contribution is 0.167. The van der Waals surface area contributed by atoms with Gasteiger partial charge < -0.3 is 15.2 Å².